The van der Waals surface area contributed by atoms with Crippen LogP contribution in [0.15, 0.2) is 78.2 Å². The van der Waals surface area contributed by atoms with Gasteiger partial charge in [-0.05, 0) is 68.8 Å². The molecule has 3 aliphatic rings. The van der Waals surface area contributed by atoms with Gasteiger partial charge in [-0.25, -0.2) is 9.37 Å². The molecule has 3 heterocycles. The van der Waals surface area contributed by atoms with E-state index in [4.69, 9.17) is 24.7 Å². The van der Waals surface area contributed by atoms with Crippen molar-refractivity contribution in [3.8, 4) is 17.0 Å². The van der Waals surface area contributed by atoms with Crippen LogP contribution in [0.3, 0.4) is 0 Å². The van der Waals surface area contributed by atoms with Crippen molar-refractivity contribution in [3.05, 3.63) is 101 Å². The molecule has 3 aromatic carbocycles. The zero-order valence-electron chi connectivity index (χ0n) is 39.2. The lowest BCUT2D eigenvalue weighted by atomic mass is 9.74. The number of likely N-dealkylation sites (N-methyl/N-ethyl adjacent to an activating group) is 1. The van der Waals surface area contributed by atoms with Gasteiger partial charge in [0.25, 0.3) is 0 Å². The van der Waals surface area contributed by atoms with Crippen LogP contribution < -0.4 is 31.3 Å². The number of carbonyl (C=O) groups excluding carboxylic acids is 3. The SMILES string of the molecule is CN[C@@H](C)C(N)[C@@H](C(=O)N1CCC[C@H]1C(=O)N[C@H](C(=O)NCCOCCOCCOc1c(-c2csc(N3CCOCC3)n2)ccc(F)c1F)C(c1ccccc1)c1ccccc1)C1CCCCC1. The van der Waals surface area contributed by atoms with Crippen molar-refractivity contribution in [2.45, 2.75) is 82.0 Å². The maximum Gasteiger partial charge on any atom is 0.243 e. The Morgan fingerprint density at radius 3 is 2.19 bits per heavy atom. The normalized spacial score (nSPS) is 18.5. The summed E-state index contributed by atoms with van der Waals surface area (Å²) >= 11 is 1.42. The van der Waals surface area contributed by atoms with Gasteiger partial charge < -0.3 is 50.4 Å². The van der Waals surface area contributed by atoms with Crippen molar-refractivity contribution in [1.82, 2.24) is 25.8 Å². The van der Waals surface area contributed by atoms with Crippen LogP contribution in [0.1, 0.15) is 68.9 Å². The zero-order valence-corrected chi connectivity index (χ0v) is 40.0. The molecule has 1 aromatic heterocycles. The number of ether oxygens (including phenoxy) is 4. The number of nitrogens with one attached hydrogen (secondary N) is 3. The minimum absolute atomic E-state index is 0.0437. The summed E-state index contributed by atoms with van der Waals surface area (Å²) < 4.78 is 52.0. The first kappa shape index (κ1) is 50.8. The molecular weight excluding hydrogens is 893 g/mol. The first-order valence-electron chi connectivity index (χ1n) is 24.1. The molecule has 5 N–H and O–H groups in total. The molecule has 5 atom stereocenters. The number of nitrogens with two attached hydrogens (primary N) is 1. The Balaban J connectivity index is 0.941. The molecule has 0 spiro atoms. The maximum atomic E-state index is 15.0. The molecule has 7 rings (SSSR count). The van der Waals surface area contributed by atoms with Crippen LogP contribution >= 0.6 is 11.3 Å². The molecule has 368 valence electrons. The molecule has 4 aromatic rings. The third kappa shape index (κ3) is 13.0. The number of rotatable bonds is 23. The van der Waals surface area contributed by atoms with Gasteiger partial charge in [-0.1, -0.05) is 79.9 Å². The van der Waals surface area contributed by atoms with Gasteiger partial charge in [-0.15, -0.1) is 11.3 Å². The number of aromatic nitrogens is 1. The van der Waals surface area contributed by atoms with Gasteiger partial charge in [0.05, 0.1) is 51.3 Å². The van der Waals surface area contributed by atoms with E-state index in [1.807, 2.05) is 74.6 Å². The van der Waals surface area contributed by atoms with Crippen LogP contribution in [-0.4, -0.2) is 131 Å². The van der Waals surface area contributed by atoms with Crippen molar-refractivity contribution in [1.29, 1.82) is 0 Å². The highest BCUT2D eigenvalue weighted by Crippen LogP contribution is 2.38. The highest BCUT2D eigenvalue weighted by molar-refractivity contribution is 7.14. The molecule has 0 radical (unpaired) electrons. The summed E-state index contributed by atoms with van der Waals surface area (Å²) in [5.74, 6) is -4.03. The lowest BCUT2D eigenvalue weighted by Crippen LogP contribution is -2.59. The summed E-state index contributed by atoms with van der Waals surface area (Å²) in [7, 11) is 1.85. The topological polar surface area (TPSA) is 170 Å². The van der Waals surface area contributed by atoms with Crippen molar-refractivity contribution >= 4 is 34.2 Å². The van der Waals surface area contributed by atoms with Crippen molar-refractivity contribution in [2.24, 2.45) is 17.6 Å². The van der Waals surface area contributed by atoms with E-state index >= 15 is 4.39 Å². The summed E-state index contributed by atoms with van der Waals surface area (Å²) in [6.07, 6.45) is 6.27. The zero-order chi connectivity index (χ0) is 47.8. The van der Waals surface area contributed by atoms with Crippen LogP contribution in [0, 0.1) is 23.5 Å². The minimum atomic E-state index is -1.09. The Kier molecular flexibility index (Phi) is 19.1. The molecule has 3 fully saturated rings. The molecule has 1 aliphatic carbocycles. The Bertz CT molecular complexity index is 2170. The van der Waals surface area contributed by atoms with Crippen molar-refractivity contribution < 1.29 is 42.1 Å². The number of thiazole rings is 1. The highest BCUT2D eigenvalue weighted by atomic mass is 32.1. The van der Waals surface area contributed by atoms with Gasteiger partial charge in [0, 0.05) is 55.1 Å². The second-order valence-corrected chi connectivity index (χ2v) is 18.6. The van der Waals surface area contributed by atoms with Crippen LogP contribution in [0.4, 0.5) is 13.9 Å². The van der Waals surface area contributed by atoms with E-state index < -0.39 is 47.5 Å². The van der Waals surface area contributed by atoms with Gasteiger partial charge in [-0.3, -0.25) is 14.4 Å². The molecule has 2 aliphatic heterocycles. The van der Waals surface area contributed by atoms with Crippen LogP contribution in [0.25, 0.3) is 11.3 Å². The monoisotopic (exact) mass is 959 g/mol. The van der Waals surface area contributed by atoms with Gasteiger partial charge in [-0.2, -0.15) is 4.39 Å². The Labute approximate surface area is 402 Å². The minimum Gasteiger partial charge on any atom is -0.487 e. The van der Waals surface area contributed by atoms with Gasteiger partial charge >= 0.3 is 0 Å². The van der Waals surface area contributed by atoms with E-state index in [2.05, 4.69) is 25.8 Å². The smallest absolute Gasteiger partial charge is 0.243 e. The number of hydrogen-bond donors (Lipinski definition) is 4. The van der Waals surface area contributed by atoms with E-state index in [0.717, 1.165) is 54.4 Å². The number of halogens is 2. The molecule has 17 heteroatoms. The van der Waals surface area contributed by atoms with E-state index in [1.54, 1.807) is 10.3 Å². The van der Waals surface area contributed by atoms with Gasteiger partial charge in [0.1, 0.15) is 18.7 Å². The van der Waals surface area contributed by atoms with Gasteiger partial charge in [0.2, 0.25) is 23.5 Å². The van der Waals surface area contributed by atoms with E-state index in [1.165, 1.54) is 17.4 Å². The number of anilines is 1. The number of morpholine rings is 1. The van der Waals surface area contributed by atoms with Crippen molar-refractivity contribution in [2.75, 3.05) is 84.4 Å². The first-order valence-corrected chi connectivity index (χ1v) is 25.0. The van der Waals surface area contributed by atoms with Crippen LogP contribution in [0.5, 0.6) is 5.75 Å². The molecule has 1 unspecified atom stereocenters. The molecule has 14 nitrogen and oxygen atoms in total. The summed E-state index contributed by atoms with van der Waals surface area (Å²) in [5, 5.41) is 11.9. The Morgan fingerprint density at radius 2 is 1.51 bits per heavy atom. The predicted molar refractivity (Wildman–Crippen MR) is 259 cm³/mol. The molecule has 0 bridgehead atoms. The third-order valence-corrected chi connectivity index (χ3v) is 14.4. The lowest BCUT2D eigenvalue weighted by Gasteiger charge is -2.39. The molecule has 3 amide bonds. The molecule has 2 saturated heterocycles. The van der Waals surface area contributed by atoms with E-state index in [9.17, 15) is 18.8 Å². The van der Waals surface area contributed by atoms with Crippen molar-refractivity contribution in [3.63, 3.8) is 0 Å². The number of nitrogens with zero attached hydrogens (tertiary/aromatic N) is 3. The summed E-state index contributed by atoms with van der Waals surface area (Å²) in [5.41, 5.74) is 9.37. The average Bonchev–Trinajstić information content (AvgIpc) is 4.08. The highest BCUT2D eigenvalue weighted by Gasteiger charge is 2.44. The largest absolute Gasteiger partial charge is 0.487 e. The molecule has 68 heavy (non-hydrogen) atoms. The van der Waals surface area contributed by atoms with Crippen LogP contribution in [-0.2, 0) is 28.6 Å². The lowest BCUT2D eigenvalue weighted by molar-refractivity contribution is -0.145. The predicted octanol–water partition coefficient (Wildman–Crippen LogP) is 5.89. The second kappa shape index (κ2) is 25.5. The average molecular weight is 960 g/mol. The Hall–Kier alpha value is -5.04. The molecule has 1 saturated carbocycles. The fourth-order valence-electron chi connectivity index (χ4n) is 9.66. The Morgan fingerprint density at radius 1 is 0.853 bits per heavy atom. The number of benzene rings is 3. The summed E-state index contributed by atoms with van der Waals surface area (Å²) in [6.45, 7) is 5.77. The van der Waals surface area contributed by atoms with Gasteiger partial charge in [0.15, 0.2) is 16.7 Å². The number of hydrogen-bond acceptors (Lipinski definition) is 12. The summed E-state index contributed by atoms with van der Waals surface area (Å²) in [4.78, 5) is 52.0. The van der Waals surface area contributed by atoms with Crippen LogP contribution in [0.2, 0.25) is 0 Å². The standard InChI is InChI=1S/C51H67F2N7O7S/c1-34(55-2)45(54)43(37-17-10-5-11-18-37)50(63)60-23-12-19-41(60)48(61)58-46(42(35-13-6-3-7-14-35)36-15-8-4-9-16-36)49(62)56-22-26-64-29-30-66-31-32-67-47-38(20-21-39(52)44(47)53)40-33-68-51(57-40)59-24-27-65-28-25-59/h3-4,6-9,13-16,20-21,33-34,37,41-43,45-46,55H,5,10-12,17-19,22-32,54H2,1-2H3,(H,56,62)(H,58,61)/t34-,41-,43-,45?,46-/m0/s1. The first-order chi connectivity index (χ1) is 33.2. The second-order valence-electron chi connectivity index (χ2n) is 17.8. The fourth-order valence-corrected chi connectivity index (χ4v) is 10.5. The number of likely N-dealkylation sites (tertiary alicyclic amines) is 1. The summed E-state index contributed by atoms with van der Waals surface area (Å²) in [6, 6.07) is 19.4. The number of carbonyl (C=O) groups is 3. The fraction of sp³-hybridized carbons (Fsp3) is 0.529. The number of amides is 3. The van der Waals surface area contributed by atoms with E-state index in [-0.39, 0.29) is 69.1 Å². The maximum absolute atomic E-state index is 15.0. The quantitative estimate of drug-likeness (QED) is 0.0655. The van der Waals surface area contributed by atoms with E-state index in [0.29, 0.717) is 56.9 Å². The third-order valence-electron chi connectivity index (χ3n) is 13.5. The molecular formula is C51H67F2N7O7S.